The minimum atomic E-state index is 0.593. The molecule has 1 aliphatic heterocycles. The van der Waals surface area contributed by atoms with E-state index in [1.807, 2.05) is 0 Å². The molecule has 0 saturated heterocycles. The minimum absolute atomic E-state index is 0.593. The van der Waals surface area contributed by atoms with E-state index in [1.165, 1.54) is 33.3 Å². The third-order valence-electron chi connectivity index (χ3n) is 3.75. The maximum absolute atomic E-state index is 3.63. The van der Waals surface area contributed by atoms with Gasteiger partial charge in [0.15, 0.2) is 0 Å². The molecule has 1 unspecified atom stereocenters. The van der Waals surface area contributed by atoms with E-state index in [4.69, 9.17) is 0 Å². The van der Waals surface area contributed by atoms with Gasteiger partial charge in [-0.25, -0.2) is 0 Å². The molecule has 0 saturated carbocycles. The van der Waals surface area contributed by atoms with Crippen molar-refractivity contribution in [3.05, 3.63) is 34.5 Å². The molecular weight excluding hydrogens is 196 g/mol. The van der Waals surface area contributed by atoms with E-state index in [0.717, 1.165) is 13.1 Å². The van der Waals surface area contributed by atoms with Crippen LogP contribution in [0.1, 0.15) is 35.2 Å². The first-order valence-electron chi connectivity index (χ1n) is 6.00. The number of rotatable bonds is 0. The summed E-state index contributed by atoms with van der Waals surface area (Å²) in [5.74, 6) is 0.593. The van der Waals surface area contributed by atoms with Crippen LogP contribution < -0.4 is 5.32 Å². The predicted octanol–water partition coefficient (Wildman–Crippen LogP) is 2.99. The lowest BCUT2D eigenvalue weighted by molar-refractivity contribution is 0.565. The van der Waals surface area contributed by atoms with Crippen LogP contribution in [0.4, 0.5) is 0 Å². The summed E-state index contributed by atoms with van der Waals surface area (Å²) in [4.78, 5) is 3.63. The Kier molecular flexibility index (Phi) is 2.08. The summed E-state index contributed by atoms with van der Waals surface area (Å²) in [6.45, 7) is 8.75. The van der Waals surface area contributed by atoms with Gasteiger partial charge in [0.25, 0.3) is 0 Å². The summed E-state index contributed by atoms with van der Waals surface area (Å²) in [7, 11) is 0. The largest absolute Gasteiger partial charge is 0.358 e. The van der Waals surface area contributed by atoms with Crippen molar-refractivity contribution in [1.29, 1.82) is 0 Å². The van der Waals surface area contributed by atoms with Gasteiger partial charge in [-0.05, 0) is 30.5 Å². The Labute approximate surface area is 96.1 Å². The summed E-state index contributed by atoms with van der Waals surface area (Å²) < 4.78 is 0. The van der Waals surface area contributed by atoms with Gasteiger partial charge in [-0.15, -0.1) is 0 Å². The second kappa shape index (κ2) is 3.36. The summed E-state index contributed by atoms with van der Waals surface area (Å²) in [5.41, 5.74) is 6.98. The van der Waals surface area contributed by atoms with Crippen LogP contribution in [-0.4, -0.2) is 11.5 Å². The number of nitrogens with one attached hydrogen (secondary N) is 2. The van der Waals surface area contributed by atoms with Crippen LogP contribution >= 0.6 is 0 Å². The quantitative estimate of drug-likeness (QED) is 0.693. The highest BCUT2D eigenvalue weighted by molar-refractivity contribution is 5.90. The van der Waals surface area contributed by atoms with Crippen molar-refractivity contribution < 1.29 is 0 Å². The number of H-pyrrole nitrogens is 1. The Morgan fingerprint density at radius 2 is 1.94 bits per heavy atom. The highest BCUT2D eigenvalue weighted by atomic mass is 14.9. The van der Waals surface area contributed by atoms with Gasteiger partial charge in [0.2, 0.25) is 0 Å². The molecule has 2 nitrogen and oxygen atoms in total. The summed E-state index contributed by atoms with van der Waals surface area (Å²) in [6.07, 6.45) is 0. The van der Waals surface area contributed by atoms with Gasteiger partial charge in [-0.2, -0.15) is 0 Å². The molecule has 2 N–H and O–H groups in total. The SMILES string of the molecule is Cc1ccc(C)c2c3c([nH]c12)C(C)CNC3. The number of aromatic amines is 1. The average molecular weight is 214 g/mol. The zero-order chi connectivity index (χ0) is 11.3. The second-order valence-corrected chi connectivity index (χ2v) is 5.00. The van der Waals surface area contributed by atoms with Gasteiger partial charge in [0.05, 0.1) is 0 Å². The highest BCUT2D eigenvalue weighted by Gasteiger charge is 2.21. The molecule has 2 heterocycles. The van der Waals surface area contributed by atoms with Crippen molar-refractivity contribution in [3.8, 4) is 0 Å². The van der Waals surface area contributed by atoms with E-state index in [1.54, 1.807) is 0 Å². The Balaban J connectivity index is 2.40. The third kappa shape index (κ3) is 1.23. The molecule has 0 aliphatic carbocycles. The zero-order valence-electron chi connectivity index (χ0n) is 10.1. The first kappa shape index (κ1) is 9.91. The van der Waals surface area contributed by atoms with E-state index in [2.05, 4.69) is 43.2 Å². The van der Waals surface area contributed by atoms with Gasteiger partial charge >= 0.3 is 0 Å². The summed E-state index contributed by atoms with van der Waals surface area (Å²) >= 11 is 0. The molecule has 0 amide bonds. The van der Waals surface area contributed by atoms with Crippen molar-refractivity contribution >= 4 is 10.9 Å². The minimum Gasteiger partial charge on any atom is -0.358 e. The van der Waals surface area contributed by atoms with E-state index < -0.39 is 0 Å². The van der Waals surface area contributed by atoms with Gasteiger partial charge in [0.1, 0.15) is 0 Å². The molecular formula is C14H18N2. The van der Waals surface area contributed by atoms with Crippen molar-refractivity contribution in [1.82, 2.24) is 10.3 Å². The molecule has 16 heavy (non-hydrogen) atoms. The molecule has 2 aromatic rings. The number of fused-ring (bicyclic) bond motifs is 3. The van der Waals surface area contributed by atoms with Crippen molar-refractivity contribution in [2.24, 2.45) is 0 Å². The Bertz CT molecular complexity index is 551. The number of aryl methyl sites for hydroxylation is 2. The van der Waals surface area contributed by atoms with Gasteiger partial charge in [-0.3, -0.25) is 0 Å². The van der Waals surface area contributed by atoms with Crippen LogP contribution in [0.2, 0.25) is 0 Å². The number of benzene rings is 1. The molecule has 1 atom stereocenters. The molecule has 0 spiro atoms. The molecule has 1 aromatic carbocycles. The van der Waals surface area contributed by atoms with E-state index in [-0.39, 0.29) is 0 Å². The molecule has 0 bridgehead atoms. The van der Waals surface area contributed by atoms with Gasteiger partial charge in [0, 0.05) is 35.6 Å². The topological polar surface area (TPSA) is 27.8 Å². The summed E-state index contributed by atoms with van der Waals surface area (Å²) in [5, 5.41) is 4.93. The average Bonchev–Trinajstić information content (AvgIpc) is 2.66. The molecule has 1 aliphatic rings. The number of hydrogen-bond acceptors (Lipinski definition) is 1. The normalized spacial score (nSPS) is 20.1. The van der Waals surface area contributed by atoms with E-state index >= 15 is 0 Å². The lowest BCUT2D eigenvalue weighted by Crippen LogP contribution is -2.26. The van der Waals surface area contributed by atoms with Crippen LogP contribution in [-0.2, 0) is 6.54 Å². The monoisotopic (exact) mass is 214 g/mol. The Morgan fingerprint density at radius 3 is 2.75 bits per heavy atom. The van der Waals surface area contributed by atoms with Crippen molar-refractivity contribution in [2.75, 3.05) is 6.54 Å². The molecule has 1 aromatic heterocycles. The number of aromatic nitrogens is 1. The zero-order valence-corrected chi connectivity index (χ0v) is 10.1. The van der Waals surface area contributed by atoms with Crippen molar-refractivity contribution in [3.63, 3.8) is 0 Å². The Morgan fingerprint density at radius 1 is 1.19 bits per heavy atom. The van der Waals surface area contributed by atoms with Crippen LogP contribution in [0.15, 0.2) is 12.1 Å². The lowest BCUT2D eigenvalue weighted by atomic mass is 9.96. The van der Waals surface area contributed by atoms with E-state index in [0.29, 0.717) is 5.92 Å². The standard InChI is InChI=1S/C14H18N2/c1-8-4-5-9(2)14-12(8)11-7-15-6-10(3)13(11)16-14/h4-5,10,15-16H,6-7H2,1-3H3. The fraction of sp³-hybridized carbons (Fsp3) is 0.429. The molecule has 2 heteroatoms. The maximum Gasteiger partial charge on any atom is 0.0491 e. The molecule has 84 valence electrons. The number of hydrogen-bond donors (Lipinski definition) is 2. The van der Waals surface area contributed by atoms with Crippen LogP contribution in [0, 0.1) is 13.8 Å². The van der Waals surface area contributed by atoms with Crippen LogP contribution in [0.25, 0.3) is 10.9 Å². The lowest BCUT2D eigenvalue weighted by Gasteiger charge is -2.20. The van der Waals surface area contributed by atoms with Crippen molar-refractivity contribution in [2.45, 2.75) is 33.2 Å². The first-order valence-corrected chi connectivity index (χ1v) is 6.00. The molecule has 0 radical (unpaired) electrons. The highest BCUT2D eigenvalue weighted by Crippen LogP contribution is 2.33. The predicted molar refractivity (Wildman–Crippen MR) is 67.9 cm³/mol. The third-order valence-corrected chi connectivity index (χ3v) is 3.75. The fourth-order valence-corrected chi connectivity index (χ4v) is 2.83. The van der Waals surface area contributed by atoms with Gasteiger partial charge < -0.3 is 10.3 Å². The van der Waals surface area contributed by atoms with Gasteiger partial charge in [-0.1, -0.05) is 19.1 Å². The maximum atomic E-state index is 3.63. The smallest absolute Gasteiger partial charge is 0.0491 e. The molecule has 3 rings (SSSR count). The summed E-state index contributed by atoms with van der Waals surface area (Å²) in [6, 6.07) is 4.43. The second-order valence-electron chi connectivity index (χ2n) is 5.00. The molecule has 0 fully saturated rings. The first-order chi connectivity index (χ1) is 7.68. The fourth-order valence-electron chi connectivity index (χ4n) is 2.83. The van der Waals surface area contributed by atoms with E-state index in [9.17, 15) is 0 Å². The Hall–Kier alpha value is -1.28. The van der Waals surface area contributed by atoms with Crippen LogP contribution in [0.3, 0.4) is 0 Å². The van der Waals surface area contributed by atoms with Crippen LogP contribution in [0.5, 0.6) is 0 Å².